The summed E-state index contributed by atoms with van der Waals surface area (Å²) in [6.07, 6.45) is 6.90. The predicted molar refractivity (Wildman–Crippen MR) is 124 cm³/mol. The monoisotopic (exact) mass is 401 g/mol. The minimum absolute atomic E-state index is 0.0616. The van der Waals surface area contributed by atoms with Gasteiger partial charge in [-0.25, -0.2) is 0 Å². The quantitative estimate of drug-likeness (QED) is 0.622. The number of nitrogens with one attached hydrogen (secondary N) is 1. The van der Waals surface area contributed by atoms with E-state index >= 15 is 0 Å². The van der Waals surface area contributed by atoms with Gasteiger partial charge in [-0.15, -0.1) is 0 Å². The molecular weight excluding hydrogens is 370 g/mol. The highest BCUT2D eigenvalue weighted by Gasteiger charge is 2.38. The molecule has 30 heavy (non-hydrogen) atoms. The lowest BCUT2D eigenvalue weighted by Gasteiger charge is -2.36. The molecule has 1 N–H and O–H groups in total. The molecule has 2 aromatic rings. The van der Waals surface area contributed by atoms with Crippen molar-refractivity contribution >= 4 is 17.7 Å². The molecule has 1 amide bonds. The van der Waals surface area contributed by atoms with Gasteiger partial charge in [0.25, 0.3) is 0 Å². The van der Waals surface area contributed by atoms with E-state index < -0.39 is 0 Å². The molecule has 0 aromatic heterocycles. The minimum atomic E-state index is -0.353. The Morgan fingerprint density at radius 3 is 2.60 bits per heavy atom. The number of hydrogen-bond acceptors (Lipinski definition) is 2. The van der Waals surface area contributed by atoms with Crippen LogP contribution in [-0.2, 0) is 14.9 Å². The van der Waals surface area contributed by atoms with Crippen molar-refractivity contribution < 1.29 is 9.53 Å². The lowest BCUT2D eigenvalue weighted by atomic mass is 9.70. The number of benzene rings is 2. The smallest absolute Gasteiger partial charge is 0.225 e. The van der Waals surface area contributed by atoms with Gasteiger partial charge in [-0.2, -0.15) is 0 Å². The normalized spacial score (nSPS) is 28.4. The average Bonchev–Trinajstić information content (AvgIpc) is 3.10. The maximum absolute atomic E-state index is 12.4. The van der Waals surface area contributed by atoms with Crippen LogP contribution in [0.1, 0.15) is 62.3 Å². The first-order valence-electron chi connectivity index (χ1n) is 10.7. The maximum Gasteiger partial charge on any atom is 0.225 e. The summed E-state index contributed by atoms with van der Waals surface area (Å²) in [6, 6.07) is 14.8. The molecular formula is C27H31NO2. The molecule has 3 nitrogen and oxygen atoms in total. The molecule has 4 rings (SSSR count). The van der Waals surface area contributed by atoms with Gasteiger partial charge in [0.2, 0.25) is 5.91 Å². The fourth-order valence-electron chi connectivity index (χ4n) is 4.62. The van der Waals surface area contributed by atoms with Gasteiger partial charge in [0.05, 0.1) is 11.7 Å². The largest absolute Gasteiger partial charge is 0.364 e. The minimum Gasteiger partial charge on any atom is -0.364 e. The van der Waals surface area contributed by atoms with Crippen molar-refractivity contribution in [3.63, 3.8) is 0 Å². The van der Waals surface area contributed by atoms with Gasteiger partial charge in [-0.05, 0) is 62.4 Å². The fourth-order valence-corrected chi connectivity index (χ4v) is 4.62. The highest BCUT2D eigenvalue weighted by Crippen LogP contribution is 2.43. The lowest BCUT2D eigenvalue weighted by Crippen LogP contribution is -2.36. The number of rotatable bonds is 4. The molecule has 2 aliphatic heterocycles. The van der Waals surface area contributed by atoms with Crippen molar-refractivity contribution in [1.82, 2.24) is 0 Å². The van der Waals surface area contributed by atoms with Crippen LogP contribution < -0.4 is 5.32 Å². The third kappa shape index (κ3) is 3.87. The molecule has 1 saturated heterocycles. The summed E-state index contributed by atoms with van der Waals surface area (Å²) in [5.74, 6) is 0.0616. The van der Waals surface area contributed by atoms with E-state index in [1.807, 2.05) is 13.0 Å². The number of anilines is 1. The molecule has 0 unspecified atom stereocenters. The van der Waals surface area contributed by atoms with Crippen LogP contribution in [0.15, 0.2) is 60.7 Å². The Morgan fingerprint density at radius 1 is 1.20 bits per heavy atom. The van der Waals surface area contributed by atoms with E-state index in [1.54, 1.807) is 0 Å². The van der Waals surface area contributed by atoms with Crippen LogP contribution in [0.2, 0.25) is 0 Å². The Balaban J connectivity index is 1.67. The van der Waals surface area contributed by atoms with E-state index in [9.17, 15) is 4.79 Å². The molecule has 0 spiro atoms. The first-order chi connectivity index (χ1) is 14.2. The SMILES string of the molecule is C=C(C)[C@@H]1CC[C@](C)(/C=C/c2ccc3c(c2)[C@@](C)(c2ccc(C)cc2)CC(=O)N3)O1. The number of amides is 1. The Bertz CT molecular complexity index is 1020. The van der Waals surface area contributed by atoms with E-state index in [0.717, 1.165) is 35.2 Å². The van der Waals surface area contributed by atoms with Crippen LogP contribution in [0.4, 0.5) is 5.69 Å². The highest BCUT2D eigenvalue weighted by atomic mass is 16.5. The van der Waals surface area contributed by atoms with Crippen LogP contribution in [0.25, 0.3) is 6.08 Å². The maximum atomic E-state index is 12.4. The Labute approximate surface area is 179 Å². The second-order valence-electron chi connectivity index (χ2n) is 9.37. The first kappa shape index (κ1) is 20.6. The van der Waals surface area contributed by atoms with Crippen LogP contribution in [0, 0.1) is 6.92 Å². The highest BCUT2D eigenvalue weighted by molar-refractivity contribution is 5.96. The zero-order valence-electron chi connectivity index (χ0n) is 18.4. The van der Waals surface area contributed by atoms with Crippen molar-refractivity contribution in [3.05, 3.63) is 82.9 Å². The molecule has 0 bridgehead atoms. The summed E-state index contributed by atoms with van der Waals surface area (Å²) in [7, 11) is 0. The molecule has 1 fully saturated rings. The van der Waals surface area contributed by atoms with Gasteiger partial charge in [0.15, 0.2) is 0 Å². The Morgan fingerprint density at radius 2 is 1.93 bits per heavy atom. The topological polar surface area (TPSA) is 38.3 Å². The van der Waals surface area contributed by atoms with E-state index in [4.69, 9.17) is 4.74 Å². The summed E-state index contributed by atoms with van der Waals surface area (Å²) in [5, 5.41) is 3.05. The van der Waals surface area contributed by atoms with Crippen LogP contribution in [-0.4, -0.2) is 17.6 Å². The second-order valence-corrected chi connectivity index (χ2v) is 9.37. The van der Waals surface area contributed by atoms with E-state index in [2.05, 4.69) is 81.2 Å². The van der Waals surface area contributed by atoms with Gasteiger partial charge in [0, 0.05) is 17.5 Å². The number of hydrogen-bond donors (Lipinski definition) is 1. The number of carbonyl (C=O) groups is 1. The lowest BCUT2D eigenvalue weighted by molar-refractivity contribution is -0.117. The number of aryl methyl sites for hydroxylation is 1. The van der Waals surface area contributed by atoms with Gasteiger partial charge in [0.1, 0.15) is 0 Å². The van der Waals surface area contributed by atoms with Gasteiger partial charge in [-0.1, -0.05) is 67.1 Å². The van der Waals surface area contributed by atoms with Gasteiger partial charge < -0.3 is 10.1 Å². The number of fused-ring (bicyclic) bond motifs is 1. The first-order valence-corrected chi connectivity index (χ1v) is 10.7. The summed E-state index contributed by atoms with van der Waals surface area (Å²) in [4.78, 5) is 12.4. The second kappa shape index (κ2) is 7.55. The zero-order chi connectivity index (χ0) is 21.5. The number of ether oxygens (including phenoxy) is 1. The predicted octanol–water partition coefficient (Wildman–Crippen LogP) is 6.17. The van der Waals surface area contributed by atoms with Crippen molar-refractivity contribution in [2.45, 2.75) is 64.1 Å². The summed E-state index contributed by atoms with van der Waals surface area (Å²) in [6.45, 7) is 12.5. The molecule has 3 atom stereocenters. The van der Waals surface area contributed by atoms with Crippen molar-refractivity contribution in [2.24, 2.45) is 0 Å². The molecule has 2 aliphatic rings. The molecule has 156 valence electrons. The van der Waals surface area contributed by atoms with Crippen molar-refractivity contribution in [2.75, 3.05) is 5.32 Å². The van der Waals surface area contributed by atoms with Gasteiger partial charge in [-0.3, -0.25) is 4.79 Å². The van der Waals surface area contributed by atoms with E-state index in [-0.39, 0.29) is 23.0 Å². The zero-order valence-corrected chi connectivity index (χ0v) is 18.4. The van der Waals surface area contributed by atoms with E-state index in [0.29, 0.717) is 6.42 Å². The molecule has 0 aliphatic carbocycles. The van der Waals surface area contributed by atoms with Crippen molar-refractivity contribution in [3.8, 4) is 0 Å². The van der Waals surface area contributed by atoms with Crippen LogP contribution >= 0.6 is 0 Å². The number of carbonyl (C=O) groups excluding carboxylic acids is 1. The molecule has 0 radical (unpaired) electrons. The summed E-state index contributed by atoms with van der Waals surface area (Å²) in [5.41, 5.74) is 6.03. The third-order valence-electron chi connectivity index (χ3n) is 6.61. The molecule has 2 aromatic carbocycles. The fraction of sp³-hybridized carbons (Fsp3) is 0.370. The molecule has 3 heteroatoms. The standard InChI is InChI=1S/C27H31NO2/c1-18(2)24-13-15-26(4,30-24)14-12-20-8-11-23-22(16-20)27(5,17-25(29)28-23)21-9-6-19(3)7-10-21/h6-12,14,16,24H,1,13,15,17H2,2-5H3,(H,28,29)/b14-12+/t24-,26-,27+/m0/s1. The Hall–Kier alpha value is -2.65. The molecule has 2 heterocycles. The Kier molecular flexibility index (Phi) is 5.19. The third-order valence-corrected chi connectivity index (χ3v) is 6.61. The van der Waals surface area contributed by atoms with E-state index in [1.165, 1.54) is 11.1 Å². The van der Waals surface area contributed by atoms with Crippen LogP contribution in [0.3, 0.4) is 0 Å². The summed E-state index contributed by atoms with van der Waals surface area (Å²) >= 11 is 0. The molecule has 0 saturated carbocycles. The van der Waals surface area contributed by atoms with Gasteiger partial charge >= 0.3 is 0 Å². The van der Waals surface area contributed by atoms with Crippen molar-refractivity contribution in [1.29, 1.82) is 0 Å². The average molecular weight is 402 g/mol. The summed E-state index contributed by atoms with van der Waals surface area (Å²) < 4.78 is 6.24. The van der Waals surface area contributed by atoms with Crippen LogP contribution in [0.5, 0.6) is 0 Å².